The van der Waals surface area contributed by atoms with Gasteiger partial charge in [0.1, 0.15) is 17.3 Å². The Balaban J connectivity index is 2.49. The molecule has 2 aromatic heterocycles. The standard InChI is InChI=1S/C12H15BrN4/c1-3-4-10-16-11(12(14)17(10)2)8-5-9(13)7-15-6-8/h5-7H,3-4,14H2,1-2H3. The summed E-state index contributed by atoms with van der Waals surface area (Å²) in [6.07, 6.45) is 5.51. The molecule has 90 valence electrons. The zero-order valence-electron chi connectivity index (χ0n) is 9.94. The molecule has 0 saturated carbocycles. The minimum Gasteiger partial charge on any atom is -0.383 e. The highest BCUT2D eigenvalue weighted by atomic mass is 79.9. The molecule has 2 heterocycles. The summed E-state index contributed by atoms with van der Waals surface area (Å²) in [4.78, 5) is 8.72. The molecule has 0 atom stereocenters. The van der Waals surface area contributed by atoms with Crippen molar-refractivity contribution in [2.24, 2.45) is 7.05 Å². The van der Waals surface area contributed by atoms with Gasteiger partial charge >= 0.3 is 0 Å². The van der Waals surface area contributed by atoms with Gasteiger partial charge in [0.25, 0.3) is 0 Å². The lowest BCUT2D eigenvalue weighted by Gasteiger charge is -2.01. The van der Waals surface area contributed by atoms with Crippen molar-refractivity contribution in [2.45, 2.75) is 19.8 Å². The molecule has 0 spiro atoms. The van der Waals surface area contributed by atoms with Gasteiger partial charge in [-0.3, -0.25) is 4.98 Å². The Hall–Kier alpha value is -1.36. The van der Waals surface area contributed by atoms with Crippen molar-refractivity contribution in [3.05, 3.63) is 28.8 Å². The predicted octanol–water partition coefficient (Wildman–Crippen LogP) is 2.78. The summed E-state index contributed by atoms with van der Waals surface area (Å²) in [6.45, 7) is 2.13. The Labute approximate surface area is 109 Å². The van der Waals surface area contributed by atoms with Crippen LogP contribution in [0.15, 0.2) is 22.9 Å². The van der Waals surface area contributed by atoms with E-state index in [9.17, 15) is 0 Å². The summed E-state index contributed by atoms with van der Waals surface area (Å²) >= 11 is 3.40. The molecule has 5 heteroatoms. The number of hydrogen-bond donors (Lipinski definition) is 1. The van der Waals surface area contributed by atoms with Gasteiger partial charge in [0, 0.05) is 35.9 Å². The van der Waals surface area contributed by atoms with Gasteiger partial charge in [0.15, 0.2) is 0 Å². The van der Waals surface area contributed by atoms with E-state index in [1.165, 1.54) is 0 Å². The molecule has 0 aliphatic heterocycles. The predicted molar refractivity (Wildman–Crippen MR) is 72.5 cm³/mol. The molecule has 0 amide bonds. The molecule has 0 radical (unpaired) electrons. The zero-order chi connectivity index (χ0) is 12.4. The molecular formula is C12H15BrN4. The summed E-state index contributed by atoms with van der Waals surface area (Å²) < 4.78 is 2.87. The lowest BCUT2D eigenvalue weighted by Crippen LogP contribution is -2.01. The number of rotatable bonds is 3. The van der Waals surface area contributed by atoms with Gasteiger partial charge in [-0.15, -0.1) is 0 Å². The fourth-order valence-electron chi connectivity index (χ4n) is 1.76. The van der Waals surface area contributed by atoms with E-state index >= 15 is 0 Å². The summed E-state index contributed by atoms with van der Waals surface area (Å²) in [7, 11) is 1.95. The van der Waals surface area contributed by atoms with Gasteiger partial charge in [-0.25, -0.2) is 4.98 Å². The molecule has 2 N–H and O–H groups in total. The third-order valence-corrected chi connectivity index (χ3v) is 3.12. The molecule has 0 aliphatic rings. The van der Waals surface area contributed by atoms with Crippen molar-refractivity contribution in [2.75, 3.05) is 5.73 Å². The number of aromatic nitrogens is 3. The van der Waals surface area contributed by atoms with Crippen LogP contribution in [0.4, 0.5) is 5.82 Å². The van der Waals surface area contributed by atoms with E-state index in [0.29, 0.717) is 5.82 Å². The number of nitrogen functional groups attached to an aromatic ring is 1. The molecule has 2 rings (SSSR count). The molecule has 0 fully saturated rings. The summed E-state index contributed by atoms with van der Waals surface area (Å²) in [5.41, 5.74) is 7.82. The average Bonchev–Trinajstić information content (AvgIpc) is 2.58. The molecule has 0 bridgehead atoms. The zero-order valence-corrected chi connectivity index (χ0v) is 11.5. The number of nitrogens with zero attached hydrogens (tertiary/aromatic N) is 3. The Morgan fingerprint density at radius 1 is 1.41 bits per heavy atom. The van der Waals surface area contributed by atoms with E-state index in [1.807, 2.05) is 17.7 Å². The second-order valence-corrected chi connectivity index (χ2v) is 4.88. The lowest BCUT2D eigenvalue weighted by atomic mass is 10.2. The van der Waals surface area contributed by atoms with Crippen LogP contribution in [0, 0.1) is 0 Å². The first-order chi connectivity index (χ1) is 8.13. The van der Waals surface area contributed by atoms with Crippen LogP contribution in [0.2, 0.25) is 0 Å². The lowest BCUT2D eigenvalue weighted by molar-refractivity contribution is 0.764. The molecule has 17 heavy (non-hydrogen) atoms. The maximum Gasteiger partial charge on any atom is 0.131 e. The van der Waals surface area contributed by atoms with Crippen molar-refractivity contribution >= 4 is 21.7 Å². The van der Waals surface area contributed by atoms with Gasteiger partial charge in [-0.05, 0) is 28.4 Å². The SMILES string of the molecule is CCCc1nc(-c2cncc(Br)c2)c(N)n1C. The number of anilines is 1. The third kappa shape index (κ3) is 2.34. The van der Waals surface area contributed by atoms with Crippen LogP contribution in [0.1, 0.15) is 19.2 Å². The number of nitrogens with two attached hydrogens (primary N) is 1. The fraction of sp³-hybridized carbons (Fsp3) is 0.333. The van der Waals surface area contributed by atoms with E-state index in [4.69, 9.17) is 5.73 Å². The summed E-state index contributed by atoms with van der Waals surface area (Å²) in [5, 5.41) is 0. The minimum atomic E-state index is 0.688. The maximum absolute atomic E-state index is 6.07. The van der Waals surface area contributed by atoms with Crippen molar-refractivity contribution in [1.82, 2.24) is 14.5 Å². The maximum atomic E-state index is 6.07. The molecule has 0 aromatic carbocycles. The number of imidazole rings is 1. The Morgan fingerprint density at radius 3 is 2.82 bits per heavy atom. The highest BCUT2D eigenvalue weighted by Gasteiger charge is 2.13. The quantitative estimate of drug-likeness (QED) is 0.947. The van der Waals surface area contributed by atoms with Crippen LogP contribution in [0.25, 0.3) is 11.3 Å². The number of hydrogen-bond acceptors (Lipinski definition) is 3. The Morgan fingerprint density at radius 2 is 2.18 bits per heavy atom. The van der Waals surface area contributed by atoms with Crippen LogP contribution in [-0.2, 0) is 13.5 Å². The van der Waals surface area contributed by atoms with Gasteiger partial charge in [0.05, 0.1) is 0 Å². The number of aryl methyl sites for hydroxylation is 1. The molecule has 0 saturated heterocycles. The molecular weight excluding hydrogens is 280 g/mol. The Bertz CT molecular complexity index is 533. The van der Waals surface area contributed by atoms with Crippen LogP contribution < -0.4 is 5.73 Å². The van der Waals surface area contributed by atoms with Gasteiger partial charge in [0.2, 0.25) is 0 Å². The van der Waals surface area contributed by atoms with Crippen molar-refractivity contribution in [3.63, 3.8) is 0 Å². The van der Waals surface area contributed by atoms with Crippen LogP contribution in [0.3, 0.4) is 0 Å². The van der Waals surface area contributed by atoms with Crippen molar-refractivity contribution in [1.29, 1.82) is 0 Å². The number of pyridine rings is 1. The first-order valence-corrected chi connectivity index (χ1v) is 6.34. The highest BCUT2D eigenvalue weighted by Crippen LogP contribution is 2.27. The minimum absolute atomic E-state index is 0.688. The van der Waals surface area contributed by atoms with Crippen molar-refractivity contribution < 1.29 is 0 Å². The Kier molecular flexibility index (Phi) is 3.47. The van der Waals surface area contributed by atoms with Gasteiger partial charge < -0.3 is 10.3 Å². The topological polar surface area (TPSA) is 56.7 Å². The first-order valence-electron chi connectivity index (χ1n) is 5.55. The van der Waals surface area contributed by atoms with Crippen LogP contribution in [-0.4, -0.2) is 14.5 Å². The van der Waals surface area contributed by atoms with E-state index in [2.05, 4.69) is 32.8 Å². The highest BCUT2D eigenvalue weighted by molar-refractivity contribution is 9.10. The van der Waals surface area contributed by atoms with E-state index < -0.39 is 0 Å². The molecule has 0 unspecified atom stereocenters. The van der Waals surface area contributed by atoms with Crippen LogP contribution in [0.5, 0.6) is 0 Å². The van der Waals surface area contributed by atoms with Crippen molar-refractivity contribution in [3.8, 4) is 11.3 Å². The van der Waals surface area contributed by atoms with Gasteiger partial charge in [-0.1, -0.05) is 6.92 Å². The fourth-order valence-corrected chi connectivity index (χ4v) is 2.13. The number of halogens is 1. The van der Waals surface area contributed by atoms with E-state index in [1.54, 1.807) is 12.4 Å². The normalized spacial score (nSPS) is 10.8. The second-order valence-electron chi connectivity index (χ2n) is 3.96. The smallest absolute Gasteiger partial charge is 0.131 e. The third-order valence-electron chi connectivity index (χ3n) is 2.68. The van der Waals surface area contributed by atoms with E-state index in [-0.39, 0.29) is 0 Å². The van der Waals surface area contributed by atoms with Crippen LogP contribution >= 0.6 is 15.9 Å². The first kappa shape index (κ1) is 12.1. The monoisotopic (exact) mass is 294 g/mol. The average molecular weight is 295 g/mol. The summed E-state index contributed by atoms with van der Waals surface area (Å²) in [6, 6.07) is 1.97. The van der Waals surface area contributed by atoms with E-state index in [0.717, 1.165) is 34.4 Å². The molecule has 0 aliphatic carbocycles. The summed E-state index contributed by atoms with van der Waals surface area (Å²) in [5.74, 6) is 1.70. The van der Waals surface area contributed by atoms with Gasteiger partial charge in [-0.2, -0.15) is 0 Å². The largest absolute Gasteiger partial charge is 0.383 e. The second kappa shape index (κ2) is 4.87. The molecule has 2 aromatic rings. The molecule has 4 nitrogen and oxygen atoms in total.